The molecule has 0 aromatic heterocycles. The minimum atomic E-state index is -0.466. The number of ether oxygens (including phenoxy) is 2. The molecule has 2 amide bonds. The first-order valence-electron chi connectivity index (χ1n) is 8.14. The topological polar surface area (TPSA) is 76.7 Å². The van der Waals surface area contributed by atoms with E-state index in [1.807, 2.05) is 26.0 Å². The molecule has 0 saturated carbocycles. The molecule has 0 aliphatic rings. The SMILES string of the molecule is CCCOc1c(Br)cc(C(=O)NNC(=O)c2ccc(C)cc2)cc1OC. The van der Waals surface area contributed by atoms with Gasteiger partial charge in [-0.25, -0.2) is 0 Å². The molecule has 0 heterocycles. The number of methoxy groups -OCH3 is 1. The number of nitrogens with one attached hydrogen (secondary N) is 2. The van der Waals surface area contributed by atoms with Crippen LogP contribution in [0.15, 0.2) is 40.9 Å². The summed E-state index contributed by atoms with van der Waals surface area (Å²) in [5.74, 6) is 0.108. The summed E-state index contributed by atoms with van der Waals surface area (Å²) in [6, 6.07) is 10.2. The maximum absolute atomic E-state index is 12.3. The molecule has 7 heteroatoms. The lowest BCUT2D eigenvalue weighted by molar-refractivity contribution is 0.0846. The van der Waals surface area contributed by atoms with Gasteiger partial charge in [-0.05, 0) is 53.5 Å². The van der Waals surface area contributed by atoms with Crippen molar-refractivity contribution in [2.45, 2.75) is 20.3 Å². The fourth-order valence-electron chi connectivity index (χ4n) is 2.16. The highest BCUT2D eigenvalue weighted by Gasteiger charge is 2.16. The van der Waals surface area contributed by atoms with Gasteiger partial charge in [-0.2, -0.15) is 0 Å². The van der Waals surface area contributed by atoms with Gasteiger partial charge < -0.3 is 9.47 Å². The van der Waals surface area contributed by atoms with Gasteiger partial charge in [-0.3, -0.25) is 20.4 Å². The summed E-state index contributed by atoms with van der Waals surface area (Å²) in [6.45, 7) is 4.47. The molecular weight excluding hydrogens is 400 g/mol. The Bertz CT molecular complexity index is 791. The molecule has 2 rings (SSSR count). The van der Waals surface area contributed by atoms with Crippen LogP contribution >= 0.6 is 15.9 Å². The van der Waals surface area contributed by atoms with Crippen molar-refractivity contribution in [3.05, 3.63) is 57.6 Å². The van der Waals surface area contributed by atoms with E-state index in [0.29, 0.717) is 33.7 Å². The summed E-state index contributed by atoms with van der Waals surface area (Å²) in [5, 5.41) is 0. The molecule has 0 aliphatic heterocycles. The number of benzene rings is 2. The second-order valence-electron chi connectivity index (χ2n) is 5.61. The zero-order chi connectivity index (χ0) is 19.1. The van der Waals surface area contributed by atoms with E-state index in [2.05, 4.69) is 26.8 Å². The van der Waals surface area contributed by atoms with Gasteiger partial charge in [0.1, 0.15) is 0 Å². The van der Waals surface area contributed by atoms with Crippen molar-refractivity contribution in [1.82, 2.24) is 10.9 Å². The predicted octanol–water partition coefficient (Wildman–Crippen LogP) is 3.63. The van der Waals surface area contributed by atoms with E-state index in [0.717, 1.165) is 12.0 Å². The Morgan fingerprint density at radius 3 is 2.23 bits per heavy atom. The summed E-state index contributed by atoms with van der Waals surface area (Å²) in [4.78, 5) is 24.4. The Kier molecular flexibility index (Phi) is 7.03. The van der Waals surface area contributed by atoms with Crippen LogP contribution in [0.3, 0.4) is 0 Å². The number of hydrogen-bond donors (Lipinski definition) is 2. The highest BCUT2D eigenvalue weighted by molar-refractivity contribution is 9.10. The summed E-state index contributed by atoms with van der Waals surface area (Å²) < 4.78 is 11.5. The van der Waals surface area contributed by atoms with E-state index >= 15 is 0 Å². The second kappa shape index (κ2) is 9.24. The zero-order valence-corrected chi connectivity index (χ0v) is 16.5. The van der Waals surface area contributed by atoms with Crippen molar-refractivity contribution in [3.63, 3.8) is 0 Å². The lowest BCUT2D eigenvalue weighted by atomic mass is 10.1. The van der Waals surface area contributed by atoms with Gasteiger partial charge in [0.25, 0.3) is 11.8 Å². The first-order valence-corrected chi connectivity index (χ1v) is 8.93. The van der Waals surface area contributed by atoms with E-state index in [-0.39, 0.29) is 0 Å². The van der Waals surface area contributed by atoms with Crippen LogP contribution in [0.4, 0.5) is 0 Å². The van der Waals surface area contributed by atoms with Gasteiger partial charge in [0.2, 0.25) is 0 Å². The van der Waals surface area contributed by atoms with Gasteiger partial charge >= 0.3 is 0 Å². The molecular formula is C19H21BrN2O4. The highest BCUT2D eigenvalue weighted by atomic mass is 79.9. The Balaban J connectivity index is 2.08. The lowest BCUT2D eigenvalue weighted by Gasteiger charge is -2.14. The zero-order valence-electron chi connectivity index (χ0n) is 14.9. The van der Waals surface area contributed by atoms with Crippen LogP contribution in [0.5, 0.6) is 11.5 Å². The average molecular weight is 421 g/mol. The number of rotatable bonds is 6. The fourth-order valence-corrected chi connectivity index (χ4v) is 2.71. The van der Waals surface area contributed by atoms with Gasteiger partial charge in [-0.15, -0.1) is 0 Å². The fraction of sp³-hybridized carbons (Fsp3) is 0.263. The molecule has 2 aromatic carbocycles. The van der Waals surface area contributed by atoms with Gasteiger partial charge in [0.05, 0.1) is 18.2 Å². The van der Waals surface area contributed by atoms with E-state index in [1.165, 1.54) is 7.11 Å². The second-order valence-corrected chi connectivity index (χ2v) is 6.47. The summed E-state index contributed by atoms with van der Waals surface area (Å²) in [6.07, 6.45) is 0.850. The van der Waals surface area contributed by atoms with Crippen LogP contribution < -0.4 is 20.3 Å². The molecule has 26 heavy (non-hydrogen) atoms. The maximum Gasteiger partial charge on any atom is 0.269 e. The quantitative estimate of drug-likeness (QED) is 0.699. The third-order valence-corrected chi connectivity index (χ3v) is 4.13. The summed E-state index contributed by atoms with van der Waals surface area (Å²) in [7, 11) is 1.50. The van der Waals surface area contributed by atoms with Crippen LogP contribution in [0.1, 0.15) is 39.6 Å². The monoisotopic (exact) mass is 420 g/mol. The third kappa shape index (κ3) is 4.98. The molecule has 6 nitrogen and oxygen atoms in total. The molecule has 0 spiro atoms. The number of aryl methyl sites for hydroxylation is 1. The lowest BCUT2D eigenvalue weighted by Crippen LogP contribution is -2.41. The predicted molar refractivity (Wildman–Crippen MR) is 103 cm³/mol. The number of amides is 2. The van der Waals surface area contributed by atoms with E-state index in [1.54, 1.807) is 24.3 Å². The van der Waals surface area contributed by atoms with Gasteiger partial charge in [-0.1, -0.05) is 24.6 Å². The molecule has 2 aromatic rings. The van der Waals surface area contributed by atoms with Gasteiger partial charge in [0, 0.05) is 11.1 Å². The normalized spacial score (nSPS) is 10.2. The number of carbonyl (C=O) groups is 2. The highest BCUT2D eigenvalue weighted by Crippen LogP contribution is 2.36. The Morgan fingerprint density at radius 2 is 1.65 bits per heavy atom. The molecule has 0 saturated heterocycles. The summed E-state index contributed by atoms with van der Waals surface area (Å²) >= 11 is 3.39. The van der Waals surface area contributed by atoms with Crippen LogP contribution in [0.25, 0.3) is 0 Å². The molecule has 0 radical (unpaired) electrons. The average Bonchev–Trinajstić information content (AvgIpc) is 2.64. The van der Waals surface area contributed by atoms with E-state index in [4.69, 9.17) is 9.47 Å². The number of halogens is 1. The molecule has 0 atom stereocenters. The molecule has 2 N–H and O–H groups in total. The first-order chi connectivity index (χ1) is 12.5. The molecule has 0 bridgehead atoms. The third-order valence-electron chi connectivity index (χ3n) is 3.55. The Labute approximate surface area is 161 Å². The van der Waals surface area contributed by atoms with Gasteiger partial charge in [0.15, 0.2) is 11.5 Å². The van der Waals surface area contributed by atoms with E-state index in [9.17, 15) is 9.59 Å². The molecule has 138 valence electrons. The first kappa shape index (κ1) is 19.8. The van der Waals surface area contributed by atoms with Crippen molar-refractivity contribution in [3.8, 4) is 11.5 Å². The number of hydrazine groups is 1. The molecule has 0 unspecified atom stereocenters. The van der Waals surface area contributed by atoms with Crippen molar-refractivity contribution in [1.29, 1.82) is 0 Å². The minimum Gasteiger partial charge on any atom is -0.493 e. The van der Waals surface area contributed by atoms with Crippen LogP contribution in [-0.4, -0.2) is 25.5 Å². The molecule has 0 fully saturated rings. The largest absolute Gasteiger partial charge is 0.493 e. The van der Waals surface area contributed by atoms with E-state index < -0.39 is 11.8 Å². The number of hydrogen-bond acceptors (Lipinski definition) is 4. The standard InChI is InChI=1S/C19H21BrN2O4/c1-4-9-26-17-15(20)10-14(11-16(17)25-3)19(24)22-21-18(23)13-7-5-12(2)6-8-13/h5-8,10-11H,4,9H2,1-3H3,(H,21,23)(H,22,24). The maximum atomic E-state index is 12.3. The Morgan fingerprint density at radius 1 is 1.04 bits per heavy atom. The van der Waals surface area contributed by atoms with Crippen molar-refractivity contribution >= 4 is 27.7 Å². The number of carbonyl (C=O) groups excluding carboxylic acids is 2. The minimum absolute atomic E-state index is 0.321. The van der Waals surface area contributed by atoms with Crippen molar-refractivity contribution in [2.75, 3.05) is 13.7 Å². The van der Waals surface area contributed by atoms with Crippen molar-refractivity contribution < 1.29 is 19.1 Å². The summed E-state index contributed by atoms with van der Waals surface area (Å²) in [5.41, 5.74) is 6.62. The Hall–Kier alpha value is -2.54. The smallest absolute Gasteiger partial charge is 0.269 e. The van der Waals surface area contributed by atoms with Crippen LogP contribution in [0, 0.1) is 6.92 Å². The van der Waals surface area contributed by atoms with Crippen molar-refractivity contribution in [2.24, 2.45) is 0 Å². The molecule has 0 aliphatic carbocycles. The van der Waals surface area contributed by atoms with Crippen LogP contribution in [-0.2, 0) is 0 Å². The van der Waals surface area contributed by atoms with Crippen LogP contribution in [0.2, 0.25) is 0 Å².